The minimum atomic E-state index is 0.586. The highest BCUT2D eigenvalue weighted by molar-refractivity contribution is 7.13. The van der Waals surface area contributed by atoms with Crippen molar-refractivity contribution in [3.63, 3.8) is 0 Å². The number of hydrogen-bond acceptors (Lipinski definition) is 3. The van der Waals surface area contributed by atoms with Gasteiger partial charge in [-0.25, -0.2) is 0 Å². The highest BCUT2D eigenvalue weighted by Crippen LogP contribution is 2.40. The first-order chi connectivity index (χ1) is 9.27. The quantitative estimate of drug-likeness (QED) is 0.836. The molecule has 0 unspecified atom stereocenters. The molecule has 0 aliphatic heterocycles. The molecule has 2 aromatic heterocycles. The molecule has 3 nitrogen and oxygen atoms in total. The van der Waals surface area contributed by atoms with Crippen LogP contribution in [0.1, 0.15) is 50.1 Å². The van der Waals surface area contributed by atoms with Gasteiger partial charge in [0, 0.05) is 17.8 Å². The molecule has 0 saturated heterocycles. The van der Waals surface area contributed by atoms with Crippen LogP contribution < -0.4 is 5.73 Å². The number of hydrogen-bond donors (Lipinski definition) is 1. The van der Waals surface area contributed by atoms with Crippen LogP contribution in [0.4, 0.5) is 5.82 Å². The molecule has 2 N–H and O–H groups in total. The summed E-state index contributed by atoms with van der Waals surface area (Å²) in [7, 11) is 1.95. The van der Waals surface area contributed by atoms with E-state index < -0.39 is 0 Å². The topological polar surface area (TPSA) is 43.8 Å². The van der Waals surface area contributed by atoms with Gasteiger partial charge in [-0.05, 0) is 24.3 Å². The lowest BCUT2D eigenvalue weighted by Gasteiger charge is -2.12. The molecular formula is C15H21N3S. The molecule has 0 spiro atoms. The van der Waals surface area contributed by atoms with Gasteiger partial charge in [-0.15, -0.1) is 11.3 Å². The Balaban J connectivity index is 2.03. The largest absolute Gasteiger partial charge is 0.383 e. The number of thiophene rings is 1. The third-order valence-electron chi connectivity index (χ3n) is 4.13. The smallest absolute Gasteiger partial charge is 0.130 e. The molecule has 19 heavy (non-hydrogen) atoms. The van der Waals surface area contributed by atoms with Gasteiger partial charge in [-0.1, -0.05) is 31.7 Å². The zero-order valence-electron chi connectivity index (χ0n) is 11.4. The van der Waals surface area contributed by atoms with E-state index in [2.05, 4.69) is 17.5 Å². The monoisotopic (exact) mass is 275 g/mol. The van der Waals surface area contributed by atoms with Gasteiger partial charge in [0.2, 0.25) is 0 Å². The molecule has 0 radical (unpaired) electrons. The van der Waals surface area contributed by atoms with Crippen LogP contribution in [0.15, 0.2) is 17.5 Å². The maximum Gasteiger partial charge on any atom is 0.130 e. The molecule has 0 aromatic carbocycles. The molecular weight excluding hydrogens is 254 g/mol. The van der Waals surface area contributed by atoms with Crippen LogP contribution >= 0.6 is 11.3 Å². The van der Waals surface area contributed by atoms with Gasteiger partial charge in [0.05, 0.1) is 11.3 Å². The number of rotatable bonds is 2. The average Bonchev–Trinajstić information content (AvgIpc) is 2.91. The van der Waals surface area contributed by atoms with Gasteiger partial charge in [0.25, 0.3) is 0 Å². The second kappa shape index (κ2) is 5.37. The fourth-order valence-corrected chi connectivity index (χ4v) is 3.86. The number of nitrogen functional groups attached to an aromatic ring is 1. The van der Waals surface area contributed by atoms with Gasteiger partial charge in [-0.3, -0.25) is 4.68 Å². The molecule has 102 valence electrons. The van der Waals surface area contributed by atoms with E-state index in [-0.39, 0.29) is 0 Å². The number of aromatic nitrogens is 2. The van der Waals surface area contributed by atoms with Crippen LogP contribution in [-0.4, -0.2) is 9.78 Å². The summed E-state index contributed by atoms with van der Waals surface area (Å²) in [5, 5.41) is 6.84. The van der Waals surface area contributed by atoms with Crippen molar-refractivity contribution in [2.24, 2.45) is 7.05 Å². The van der Waals surface area contributed by atoms with Crippen LogP contribution in [-0.2, 0) is 7.05 Å². The van der Waals surface area contributed by atoms with E-state index in [1.165, 1.54) is 54.7 Å². The normalized spacial score (nSPS) is 17.5. The first kappa shape index (κ1) is 12.7. The third-order valence-corrected chi connectivity index (χ3v) is 5.02. The Morgan fingerprint density at radius 1 is 1.26 bits per heavy atom. The molecule has 0 atom stereocenters. The average molecular weight is 275 g/mol. The maximum absolute atomic E-state index is 6.25. The van der Waals surface area contributed by atoms with Crippen LogP contribution in [0.5, 0.6) is 0 Å². The molecule has 1 fully saturated rings. The Kier molecular flexibility index (Phi) is 3.60. The highest BCUT2D eigenvalue weighted by Gasteiger charge is 2.24. The number of nitrogens with two attached hydrogens (primary N) is 1. The molecule has 4 heteroatoms. The van der Waals surface area contributed by atoms with Crippen LogP contribution in [0, 0.1) is 0 Å². The second-order valence-electron chi connectivity index (χ2n) is 5.43. The van der Waals surface area contributed by atoms with E-state index >= 15 is 0 Å². The summed E-state index contributed by atoms with van der Waals surface area (Å²) in [6.45, 7) is 0. The van der Waals surface area contributed by atoms with Crippen LogP contribution in [0.2, 0.25) is 0 Å². The zero-order chi connectivity index (χ0) is 13.2. The Bertz CT molecular complexity index is 534. The first-order valence-corrected chi connectivity index (χ1v) is 8.01. The number of aryl methyl sites for hydroxylation is 1. The van der Waals surface area contributed by atoms with E-state index in [4.69, 9.17) is 10.8 Å². The minimum Gasteiger partial charge on any atom is -0.383 e. The summed E-state index contributed by atoms with van der Waals surface area (Å²) in [6.07, 6.45) is 7.90. The van der Waals surface area contributed by atoms with Crippen LogP contribution in [0.3, 0.4) is 0 Å². The fourth-order valence-electron chi connectivity index (χ4n) is 3.07. The van der Waals surface area contributed by atoms with Gasteiger partial charge in [0.15, 0.2) is 0 Å². The maximum atomic E-state index is 6.25. The molecule has 3 rings (SSSR count). The van der Waals surface area contributed by atoms with Crippen molar-refractivity contribution in [1.29, 1.82) is 0 Å². The first-order valence-electron chi connectivity index (χ1n) is 7.13. The van der Waals surface area contributed by atoms with Gasteiger partial charge < -0.3 is 5.73 Å². The Labute approximate surface area is 118 Å². The summed E-state index contributed by atoms with van der Waals surface area (Å²) < 4.78 is 1.84. The Hall–Kier alpha value is -1.29. The third kappa shape index (κ3) is 2.41. The predicted molar refractivity (Wildman–Crippen MR) is 81.4 cm³/mol. The van der Waals surface area contributed by atoms with E-state index in [0.717, 1.165) is 5.82 Å². The lowest BCUT2D eigenvalue weighted by molar-refractivity contribution is 0.567. The zero-order valence-corrected chi connectivity index (χ0v) is 12.2. The minimum absolute atomic E-state index is 0.586. The van der Waals surface area contributed by atoms with Gasteiger partial charge in [0.1, 0.15) is 5.82 Å². The summed E-state index contributed by atoms with van der Waals surface area (Å²) in [4.78, 5) is 1.25. The standard InChI is InChI=1S/C15H21N3S/c1-18-15(16)13(12-9-6-10-19-12)14(17-18)11-7-4-2-3-5-8-11/h6,9-11H,2-5,7-8,16H2,1H3. The van der Waals surface area contributed by atoms with Crippen LogP contribution in [0.25, 0.3) is 10.4 Å². The van der Waals surface area contributed by atoms with Crippen molar-refractivity contribution in [3.8, 4) is 10.4 Å². The van der Waals surface area contributed by atoms with Crippen molar-refractivity contribution in [2.45, 2.75) is 44.4 Å². The lowest BCUT2D eigenvalue weighted by atomic mass is 9.93. The highest BCUT2D eigenvalue weighted by atomic mass is 32.1. The molecule has 1 aliphatic carbocycles. The molecule has 1 aliphatic rings. The van der Waals surface area contributed by atoms with Crippen molar-refractivity contribution in [2.75, 3.05) is 5.73 Å². The Morgan fingerprint density at radius 2 is 2.00 bits per heavy atom. The van der Waals surface area contributed by atoms with E-state index in [0.29, 0.717) is 5.92 Å². The predicted octanol–water partition coefficient (Wildman–Crippen LogP) is 4.17. The summed E-state index contributed by atoms with van der Waals surface area (Å²) in [5.74, 6) is 1.39. The van der Waals surface area contributed by atoms with Crippen molar-refractivity contribution in [1.82, 2.24) is 9.78 Å². The summed E-state index contributed by atoms with van der Waals surface area (Å²) >= 11 is 1.75. The van der Waals surface area contributed by atoms with E-state index in [9.17, 15) is 0 Å². The van der Waals surface area contributed by atoms with E-state index in [1.54, 1.807) is 11.3 Å². The van der Waals surface area contributed by atoms with Crippen molar-refractivity contribution in [3.05, 3.63) is 23.2 Å². The molecule has 0 amide bonds. The van der Waals surface area contributed by atoms with Gasteiger partial charge in [-0.2, -0.15) is 5.10 Å². The lowest BCUT2D eigenvalue weighted by Crippen LogP contribution is -2.01. The second-order valence-corrected chi connectivity index (χ2v) is 6.38. The molecule has 1 saturated carbocycles. The van der Waals surface area contributed by atoms with Crippen molar-refractivity contribution >= 4 is 17.2 Å². The van der Waals surface area contributed by atoms with E-state index in [1.807, 2.05) is 11.7 Å². The Morgan fingerprint density at radius 3 is 2.63 bits per heavy atom. The molecule has 2 heterocycles. The fraction of sp³-hybridized carbons (Fsp3) is 0.533. The number of anilines is 1. The number of nitrogens with zero attached hydrogens (tertiary/aromatic N) is 2. The molecule has 2 aromatic rings. The SMILES string of the molecule is Cn1nc(C2CCCCCC2)c(-c2cccs2)c1N. The summed E-state index contributed by atoms with van der Waals surface area (Å²) in [5.41, 5.74) is 8.66. The molecule has 0 bridgehead atoms. The summed E-state index contributed by atoms with van der Waals surface area (Å²) in [6, 6.07) is 4.24. The van der Waals surface area contributed by atoms with Gasteiger partial charge >= 0.3 is 0 Å². The van der Waals surface area contributed by atoms with Crippen molar-refractivity contribution < 1.29 is 0 Å².